The lowest BCUT2D eigenvalue weighted by molar-refractivity contribution is 0.669. The summed E-state index contributed by atoms with van der Waals surface area (Å²) in [6.45, 7) is 0. The van der Waals surface area contributed by atoms with E-state index in [0.717, 1.165) is 77.3 Å². The van der Waals surface area contributed by atoms with Crippen LogP contribution in [0.5, 0.6) is 0 Å². The van der Waals surface area contributed by atoms with E-state index in [1.54, 1.807) is 6.07 Å². The first-order valence-corrected chi connectivity index (χ1v) is 13.6. The quantitative estimate of drug-likeness (QED) is 0.225. The van der Waals surface area contributed by atoms with Crippen molar-refractivity contribution in [2.45, 2.75) is 0 Å². The standard InChI is InChI=1S/C38H20N2O2/c39-21-23-15-16-35-33(17-23)31-12-5-11-30(38(31)42-35)27-19-25(28-8-2-1-7-24(28)22-40)18-26(20-27)29-10-6-14-36-37(29)32-9-3-4-13-34(32)41-36/h1-20H. The van der Waals surface area contributed by atoms with E-state index in [4.69, 9.17) is 8.83 Å². The minimum atomic E-state index is 0.591. The number of fused-ring (bicyclic) bond motifs is 6. The van der Waals surface area contributed by atoms with Gasteiger partial charge in [0.25, 0.3) is 0 Å². The van der Waals surface area contributed by atoms with E-state index in [0.29, 0.717) is 11.1 Å². The summed E-state index contributed by atoms with van der Waals surface area (Å²) < 4.78 is 12.6. The van der Waals surface area contributed by atoms with Crippen LogP contribution >= 0.6 is 0 Å². The van der Waals surface area contributed by atoms with Crippen LogP contribution in [0.3, 0.4) is 0 Å². The van der Waals surface area contributed by atoms with Crippen LogP contribution in [0.4, 0.5) is 0 Å². The van der Waals surface area contributed by atoms with Crippen molar-refractivity contribution in [1.29, 1.82) is 10.5 Å². The molecule has 2 aromatic heterocycles. The van der Waals surface area contributed by atoms with Crippen molar-refractivity contribution >= 4 is 43.9 Å². The molecule has 8 rings (SSSR count). The van der Waals surface area contributed by atoms with Gasteiger partial charge in [-0.05, 0) is 82.4 Å². The van der Waals surface area contributed by atoms with Crippen LogP contribution in [0.2, 0.25) is 0 Å². The predicted octanol–water partition coefficient (Wildman–Crippen LogP) is 10.2. The largest absolute Gasteiger partial charge is 0.456 e. The molecular formula is C38H20N2O2. The molecule has 0 aliphatic heterocycles. The minimum absolute atomic E-state index is 0.591. The number of rotatable bonds is 3. The molecule has 0 saturated carbocycles. The van der Waals surface area contributed by atoms with E-state index < -0.39 is 0 Å². The van der Waals surface area contributed by atoms with Gasteiger partial charge in [-0.25, -0.2) is 0 Å². The second-order valence-corrected chi connectivity index (χ2v) is 10.3. The molecule has 0 saturated heterocycles. The molecule has 0 aliphatic carbocycles. The molecule has 194 valence electrons. The number of nitrogens with zero attached hydrogens (tertiary/aromatic N) is 2. The van der Waals surface area contributed by atoms with E-state index in [1.807, 2.05) is 78.9 Å². The summed E-state index contributed by atoms with van der Waals surface area (Å²) in [5.41, 5.74) is 10.1. The predicted molar refractivity (Wildman–Crippen MR) is 167 cm³/mol. The fraction of sp³-hybridized carbons (Fsp3) is 0. The third kappa shape index (κ3) is 3.60. The molecule has 0 fully saturated rings. The second kappa shape index (κ2) is 9.24. The van der Waals surface area contributed by atoms with Crippen LogP contribution in [-0.4, -0.2) is 0 Å². The van der Waals surface area contributed by atoms with Crippen LogP contribution in [0.15, 0.2) is 130 Å². The molecule has 0 bridgehead atoms. The summed E-state index contributed by atoms with van der Waals surface area (Å²) in [6, 6.07) is 44.5. The first-order valence-electron chi connectivity index (χ1n) is 13.6. The number of para-hydroxylation sites is 2. The number of benzene rings is 6. The summed E-state index contributed by atoms with van der Waals surface area (Å²) in [5.74, 6) is 0. The maximum Gasteiger partial charge on any atom is 0.143 e. The second-order valence-electron chi connectivity index (χ2n) is 10.3. The monoisotopic (exact) mass is 536 g/mol. The van der Waals surface area contributed by atoms with Crippen LogP contribution in [0.25, 0.3) is 77.3 Å². The summed E-state index contributed by atoms with van der Waals surface area (Å²) in [6.07, 6.45) is 0. The van der Waals surface area contributed by atoms with Gasteiger partial charge < -0.3 is 8.83 Å². The summed E-state index contributed by atoms with van der Waals surface area (Å²) in [4.78, 5) is 0. The number of nitriles is 2. The van der Waals surface area contributed by atoms with Gasteiger partial charge in [-0.15, -0.1) is 0 Å². The fourth-order valence-corrected chi connectivity index (χ4v) is 6.04. The lowest BCUT2D eigenvalue weighted by Gasteiger charge is -2.13. The molecule has 0 unspecified atom stereocenters. The maximum absolute atomic E-state index is 9.95. The molecule has 0 spiro atoms. The van der Waals surface area contributed by atoms with Crippen molar-refractivity contribution < 1.29 is 8.83 Å². The van der Waals surface area contributed by atoms with Crippen LogP contribution < -0.4 is 0 Å². The molecule has 0 aliphatic rings. The summed E-state index contributed by atoms with van der Waals surface area (Å²) >= 11 is 0. The van der Waals surface area contributed by atoms with Crippen LogP contribution in [0, 0.1) is 22.7 Å². The van der Waals surface area contributed by atoms with Gasteiger partial charge in [-0.1, -0.05) is 66.7 Å². The van der Waals surface area contributed by atoms with Gasteiger partial charge in [0.05, 0.1) is 23.3 Å². The SMILES string of the molecule is N#Cc1ccc2oc3c(-c4cc(-c5ccccc5C#N)cc(-c5cccc6oc7ccccc7c56)c4)cccc3c2c1. The zero-order valence-electron chi connectivity index (χ0n) is 22.3. The Labute approximate surface area is 240 Å². The molecule has 0 atom stereocenters. The highest BCUT2D eigenvalue weighted by atomic mass is 16.3. The molecule has 8 aromatic rings. The smallest absolute Gasteiger partial charge is 0.143 e. The Morgan fingerprint density at radius 1 is 0.452 bits per heavy atom. The Bertz CT molecular complexity index is 2450. The number of furan rings is 2. The minimum Gasteiger partial charge on any atom is -0.456 e. The lowest BCUT2D eigenvalue weighted by atomic mass is 9.90. The number of hydrogen-bond donors (Lipinski definition) is 0. The number of hydrogen-bond acceptors (Lipinski definition) is 4. The maximum atomic E-state index is 9.95. The zero-order chi connectivity index (χ0) is 28.2. The average molecular weight is 537 g/mol. The summed E-state index contributed by atoms with van der Waals surface area (Å²) in [5, 5.41) is 23.4. The van der Waals surface area contributed by atoms with E-state index in [2.05, 4.69) is 48.5 Å². The molecule has 0 radical (unpaired) electrons. The van der Waals surface area contributed by atoms with Crippen molar-refractivity contribution in [3.63, 3.8) is 0 Å². The first-order chi connectivity index (χ1) is 20.7. The molecule has 6 aromatic carbocycles. The Hall–Kier alpha value is -6.10. The van der Waals surface area contributed by atoms with E-state index in [9.17, 15) is 10.5 Å². The molecule has 42 heavy (non-hydrogen) atoms. The molecule has 2 heterocycles. The molecule has 4 heteroatoms. The van der Waals surface area contributed by atoms with Crippen molar-refractivity contribution in [3.8, 4) is 45.5 Å². The Kier molecular flexibility index (Phi) is 5.22. The average Bonchev–Trinajstić information content (AvgIpc) is 3.62. The normalized spacial score (nSPS) is 11.3. The van der Waals surface area contributed by atoms with E-state index >= 15 is 0 Å². The van der Waals surface area contributed by atoms with Gasteiger partial charge in [-0.2, -0.15) is 10.5 Å². The van der Waals surface area contributed by atoms with Gasteiger partial charge >= 0.3 is 0 Å². The van der Waals surface area contributed by atoms with E-state index in [1.165, 1.54) is 0 Å². The van der Waals surface area contributed by atoms with Crippen LogP contribution in [0.1, 0.15) is 11.1 Å². The van der Waals surface area contributed by atoms with Gasteiger partial charge in [0.2, 0.25) is 0 Å². The van der Waals surface area contributed by atoms with Crippen molar-refractivity contribution in [2.24, 2.45) is 0 Å². The van der Waals surface area contributed by atoms with Gasteiger partial charge in [0.1, 0.15) is 22.3 Å². The van der Waals surface area contributed by atoms with Crippen molar-refractivity contribution in [2.75, 3.05) is 0 Å². The highest BCUT2D eigenvalue weighted by Crippen LogP contribution is 2.42. The first kappa shape index (κ1) is 23.8. The van der Waals surface area contributed by atoms with E-state index in [-0.39, 0.29) is 0 Å². The van der Waals surface area contributed by atoms with Gasteiger partial charge in [-0.3, -0.25) is 0 Å². The Balaban J connectivity index is 1.45. The van der Waals surface area contributed by atoms with Crippen LogP contribution in [-0.2, 0) is 0 Å². The third-order valence-corrected chi connectivity index (χ3v) is 7.94. The lowest BCUT2D eigenvalue weighted by Crippen LogP contribution is -1.89. The Morgan fingerprint density at radius 3 is 1.95 bits per heavy atom. The topological polar surface area (TPSA) is 73.9 Å². The highest BCUT2D eigenvalue weighted by Gasteiger charge is 2.18. The zero-order valence-corrected chi connectivity index (χ0v) is 22.3. The molecule has 0 amide bonds. The third-order valence-electron chi connectivity index (χ3n) is 7.94. The van der Waals surface area contributed by atoms with Crippen molar-refractivity contribution in [1.82, 2.24) is 0 Å². The fourth-order valence-electron chi connectivity index (χ4n) is 6.04. The molecular weight excluding hydrogens is 516 g/mol. The van der Waals surface area contributed by atoms with Crippen molar-refractivity contribution in [3.05, 3.63) is 132 Å². The molecule has 4 nitrogen and oxygen atoms in total. The summed E-state index contributed by atoms with van der Waals surface area (Å²) in [7, 11) is 0. The van der Waals surface area contributed by atoms with Gasteiger partial charge in [0, 0.05) is 27.1 Å². The highest BCUT2D eigenvalue weighted by molar-refractivity contribution is 6.13. The Morgan fingerprint density at radius 2 is 1.10 bits per heavy atom. The van der Waals surface area contributed by atoms with Gasteiger partial charge in [0.15, 0.2) is 0 Å². The molecule has 0 N–H and O–H groups in total.